The number of aromatic nitrogens is 4. The highest BCUT2D eigenvalue weighted by Gasteiger charge is 2.11. The van der Waals surface area contributed by atoms with E-state index in [0.717, 1.165) is 5.56 Å². The smallest absolute Gasteiger partial charge is 0.157 e. The van der Waals surface area contributed by atoms with Gasteiger partial charge in [0, 0.05) is 32.1 Å². The summed E-state index contributed by atoms with van der Waals surface area (Å²) in [7, 11) is 1.84. The SMILES string of the molecule is Cn1cc(CC(O)c2ncccn2)cn1. The third-order valence-corrected chi connectivity index (χ3v) is 2.07. The van der Waals surface area contributed by atoms with E-state index < -0.39 is 6.10 Å². The molecule has 2 aromatic heterocycles. The zero-order valence-corrected chi connectivity index (χ0v) is 8.41. The standard InChI is InChI=1S/C10H12N4O/c1-14-7-8(6-13-14)5-9(15)10-11-3-2-4-12-10/h2-4,6-7,9,15H,5H2,1H3. The van der Waals surface area contributed by atoms with Crippen molar-refractivity contribution in [2.75, 3.05) is 0 Å². The maximum Gasteiger partial charge on any atom is 0.157 e. The minimum atomic E-state index is -0.671. The Morgan fingerprint density at radius 1 is 1.40 bits per heavy atom. The topological polar surface area (TPSA) is 63.8 Å². The zero-order valence-electron chi connectivity index (χ0n) is 8.41. The second-order valence-electron chi connectivity index (χ2n) is 3.35. The van der Waals surface area contributed by atoms with Gasteiger partial charge in [-0.3, -0.25) is 4.68 Å². The Hall–Kier alpha value is -1.75. The van der Waals surface area contributed by atoms with Crippen LogP contribution < -0.4 is 0 Å². The molecule has 0 fully saturated rings. The van der Waals surface area contributed by atoms with Gasteiger partial charge in [0.05, 0.1) is 6.20 Å². The third kappa shape index (κ3) is 2.38. The van der Waals surface area contributed by atoms with Crippen LogP contribution >= 0.6 is 0 Å². The van der Waals surface area contributed by atoms with Gasteiger partial charge in [-0.25, -0.2) is 9.97 Å². The highest BCUT2D eigenvalue weighted by atomic mass is 16.3. The Kier molecular flexibility index (Phi) is 2.73. The van der Waals surface area contributed by atoms with E-state index in [1.54, 1.807) is 29.3 Å². The maximum atomic E-state index is 9.82. The van der Waals surface area contributed by atoms with Crippen molar-refractivity contribution in [2.24, 2.45) is 7.05 Å². The lowest BCUT2D eigenvalue weighted by atomic mass is 10.1. The van der Waals surface area contributed by atoms with Gasteiger partial charge in [-0.1, -0.05) is 0 Å². The predicted molar refractivity (Wildman–Crippen MR) is 53.9 cm³/mol. The molecule has 0 aliphatic carbocycles. The quantitative estimate of drug-likeness (QED) is 0.790. The highest BCUT2D eigenvalue weighted by Crippen LogP contribution is 2.12. The molecule has 0 aliphatic rings. The van der Waals surface area contributed by atoms with Gasteiger partial charge in [-0.15, -0.1) is 0 Å². The van der Waals surface area contributed by atoms with Crippen LogP contribution in [0.1, 0.15) is 17.5 Å². The van der Waals surface area contributed by atoms with E-state index in [2.05, 4.69) is 15.1 Å². The van der Waals surface area contributed by atoms with Crippen molar-refractivity contribution < 1.29 is 5.11 Å². The van der Waals surface area contributed by atoms with Crippen molar-refractivity contribution in [2.45, 2.75) is 12.5 Å². The van der Waals surface area contributed by atoms with Gasteiger partial charge in [0.1, 0.15) is 6.10 Å². The van der Waals surface area contributed by atoms with E-state index in [4.69, 9.17) is 0 Å². The van der Waals surface area contributed by atoms with Crippen LogP contribution in [0.15, 0.2) is 30.9 Å². The van der Waals surface area contributed by atoms with Gasteiger partial charge < -0.3 is 5.11 Å². The summed E-state index contributed by atoms with van der Waals surface area (Å²) < 4.78 is 1.70. The molecule has 2 heterocycles. The van der Waals surface area contributed by atoms with Crippen LogP contribution in [-0.4, -0.2) is 24.9 Å². The molecule has 2 aromatic rings. The van der Waals surface area contributed by atoms with Crippen molar-refractivity contribution in [3.8, 4) is 0 Å². The average Bonchev–Trinajstić information content (AvgIpc) is 2.65. The van der Waals surface area contributed by atoms with Crippen LogP contribution in [0, 0.1) is 0 Å². The lowest BCUT2D eigenvalue weighted by Gasteiger charge is -2.06. The average molecular weight is 204 g/mol. The minimum absolute atomic E-state index is 0.446. The molecule has 1 atom stereocenters. The molecule has 2 rings (SSSR count). The van der Waals surface area contributed by atoms with Crippen LogP contribution in [0.25, 0.3) is 0 Å². The fourth-order valence-electron chi connectivity index (χ4n) is 1.37. The molecule has 0 aromatic carbocycles. The monoisotopic (exact) mass is 204 g/mol. The number of aryl methyl sites for hydroxylation is 1. The van der Waals surface area contributed by atoms with E-state index in [0.29, 0.717) is 12.2 Å². The first-order valence-corrected chi connectivity index (χ1v) is 4.68. The lowest BCUT2D eigenvalue weighted by molar-refractivity contribution is 0.168. The zero-order chi connectivity index (χ0) is 10.7. The fraction of sp³-hybridized carbons (Fsp3) is 0.300. The highest BCUT2D eigenvalue weighted by molar-refractivity contribution is 5.07. The van der Waals surface area contributed by atoms with Gasteiger partial charge >= 0.3 is 0 Å². The number of hydrogen-bond acceptors (Lipinski definition) is 4. The van der Waals surface area contributed by atoms with E-state index >= 15 is 0 Å². The molecule has 0 saturated heterocycles. The normalized spacial score (nSPS) is 12.7. The molecule has 15 heavy (non-hydrogen) atoms. The Balaban J connectivity index is 2.07. The van der Waals surface area contributed by atoms with Crippen molar-refractivity contribution in [1.82, 2.24) is 19.7 Å². The van der Waals surface area contributed by atoms with Crippen LogP contribution in [-0.2, 0) is 13.5 Å². The summed E-state index contributed by atoms with van der Waals surface area (Å²) in [4.78, 5) is 7.99. The molecule has 78 valence electrons. The Labute approximate surface area is 87.4 Å². The summed E-state index contributed by atoms with van der Waals surface area (Å²) >= 11 is 0. The largest absolute Gasteiger partial charge is 0.385 e. The maximum absolute atomic E-state index is 9.82. The van der Waals surface area contributed by atoms with Crippen molar-refractivity contribution in [3.63, 3.8) is 0 Å². The van der Waals surface area contributed by atoms with Crippen molar-refractivity contribution in [3.05, 3.63) is 42.2 Å². The summed E-state index contributed by atoms with van der Waals surface area (Å²) in [6.45, 7) is 0. The second-order valence-corrected chi connectivity index (χ2v) is 3.35. The molecule has 1 N–H and O–H groups in total. The molecular formula is C10H12N4O. The molecule has 5 heteroatoms. The van der Waals surface area contributed by atoms with E-state index in [9.17, 15) is 5.11 Å². The molecule has 0 radical (unpaired) electrons. The van der Waals surface area contributed by atoms with Crippen LogP contribution in [0.2, 0.25) is 0 Å². The molecule has 0 spiro atoms. The van der Waals surface area contributed by atoms with Gasteiger partial charge in [0.25, 0.3) is 0 Å². The summed E-state index contributed by atoms with van der Waals surface area (Å²) in [6, 6.07) is 1.72. The molecule has 0 amide bonds. The lowest BCUT2D eigenvalue weighted by Crippen LogP contribution is -2.05. The molecule has 1 unspecified atom stereocenters. The van der Waals surface area contributed by atoms with Crippen molar-refractivity contribution >= 4 is 0 Å². The fourth-order valence-corrected chi connectivity index (χ4v) is 1.37. The van der Waals surface area contributed by atoms with Crippen molar-refractivity contribution in [1.29, 1.82) is 0 Å². The summed E-state index contributed by atoms with van der Waals surface area (Å²) in [6.07, 6.45) is 6.65. The predicted octanol–water partition coefficient (Wildman–Crippen LogP) is 0.486. The Morgan fingerprint density at radius 2 is 2.13 bits per heavy atom. The number of nitrogens with zero attached hydrogens (tertiary/aromatic N) is 4. The number of hydrogen-bond donors (Lipinski definition) is 1. The number of aliphatic hydroxyl groups excluding tert-OH is 1. The molecule has 5 nitrogen and oxygen atoms in total. The van der Waals surface area contributed by atoms with Crippen LogP contribution in [0.3, 0.4) is 0 Å². The van der Waals surface area contributed by atoms with Gasteiger partial charge in [0.15, 0.2) is 5.82 Å². The van der Waals surface area contributed by atoms with Crippen LogP contribution in [0.4, 0.5) is 0 Å². The van der Waals surface area contributed by atoms with Gasteiger partial charge in [0.2, 0.25) is 0 Å². The first-order valence-electron chi connectivity index (χ1n) is 4.68. The summed E-state index contributed by atoms with van der Waals surface area (Å²) in [5.74, 6) is 0.446. The van der Waals surface area contributed by atoms with Gasteiger partial charge in [-0.05, 0) is 11.6 Å². The number of rotatable bonds is 3. The first kappa shape index (κ1) is 9.79. The molecular weight excluding hydrogens is 192 g/mol. The second kappa shape index (κ2) is 4.18. The number of aliphatic hydroxyl groups is 1. The summed E-state index contributed by atoms with van der Waals surface area (Å²) in [5.41, 5.74) is 0.970. The first-order chi connectivity index (χ1) is 7.25. The Bertz CT molecular complexity index is 426. The molecule has 0 aliphatic heterocycles. The summed E-state index contributed by atoms with van der Waals surface area (Å²) in [5, 5.41) is 13.8. The minimum Gasteiger partial charge on any atom is -0.385 e. The third-order valence-electron chi connectivity index (χ3n) is 2.07. The van der Waals surface area contributed by atoms with Crippen LogP contribution in [0.5, 0.6) is 0 Å². The van der Waals surface area contributed by atoms with E-state index in [1.807, 2.05) is 13.2 Å². The van der Waals surface area contributed by atoms with E-state index in [1.165, 1.54) is 0 Å². The Morgan fingerprint density at radius 3 is 2.73 bits per heavy atom. The van der Waals surface area contributed by atoms with E-state index in [-0.39, 0.29) is 0 Å². The molecule has 0 saturated carbocycles. The van der Waals surface area contributed by atoms with Gasteiger partial charge in [-0.2, -0.15) is 5.10 Å². The molecule has 0 bridgehead atoms.